The SMILES string of the molecule is CCN1C[C@H](CN(C)C(=O)c2ccc(OC)c(Br)c2)Oc2ccccc21. The number of hydrogen-bond donors (Lipinski definition) is 0. The van der Waals surface area contributed by atoms with E-state index in [1.54, 1.807) is 37.3 Å². The van der Waals surface area contributed by atoms with E-state index in [-0.39, 0.29) is 12.0 Å². The minimum Gasteiger partial charge on any atom is -0.496 e. The summed E-state index contributed by atoms with van der Waals surface area (Å²) in [5.41, 5.74) is 1.73. The number of carbonyl (C=O) groups is 1. The fourth-order valence-corrected chi connectivity index (χ4v) is 3.72. The first-order valence-corrected chi connectivity index (χ1v) is 9.42. The Morgan fingerprint density at radius 3 is 2.81 bits per heavy atom. The fraction of sp³-hybridized carbons (Fsp3) is 0.350. The Bertz CT molecular complexity index is 796. The van der Waals surface area contributed by atoms with Gasteiger partial charge < -0.3 is 19.3 Å². The Hall–Kier alpha value is -2.21. The van der Waals surface area contributed by atoms with Crippen molar-refractivity contribution in [2.75, 3.05) is 38.7 Å². The highest BCUT2D eigenvalue weighted by Gasteiger charge is 2.27. The Balaban J connectivity index is 1.71. The van der Waals surface area contributed by atoms with Crippen LogP contribution in [0, 0.1) is 0 Å². The van der Waals surface area contributed by atoms with E-state index in [9.17, 15) is 4.79 Å². The van der Waals surface area contributed by atoms with Crippen molar-refractivity contribution < 1.29 is 14.3 Å². The predicted molar refractivity (Wildman–Crippen MR) is 106 cm³/mol. The Morgan fingerprint density at radius 2 is 2.12 bits per heavy atom. The van der Waals surface area contributed by atoms with Gasteiger partial charge >= 0.3 is 0 Å². The van der Waals surface area contributed by atoms with Crippen molar-refractivity contribution in [1.29, 1.82) is 0 Å². The molecular formula is C20H23BrN2O3. The lowest BCUT2D eigenvalue weighted by atomic mass is 10.1. The molecule has 3 rings (SSSR count). The first-order chi connectivity index (χ1) is 12.5. The minimum atomic E-state index is -0.0690. The molecule has 1 amide bonds. The average Bonchev–Trinajstić information content (AvgIpc) is 2.66. The topological polar surface area (TPSA) is 42.0 Å². The van der Waals surface area contributed by atoms with Gasteiger partial charge in [-0.1, -0.05) is 12.1 Å². The molecule has 1 aliphatic heterocycles. The molecule has 0 bridgehead atoms. The number of ether oxygens (including phenoxy) is 2. The molecule has 0 radical (unpaired) electrons. The summed E-state index contributed by atoms with van der Waals surface area (Å²) in [5, 5.41) is 0. The van der Waals surface area contributed by atoms with Gasteiger partial charge in [-0.2, -0.15) is 0 Å². The number of anilines is 1. The van der Waals surface area contributed by atoms with E-state index in [0.29, 0.717) is 17.9 Å². The van der Waals surface area contributed by atoms with Crippen molar-refractivity contribution >= 4 is 27.5 Å². The number of para-hydroxylation sites is 2. The maximum atomic E-state index is 12.8. The summed E-state index contributed by atoms with van der Waals surface area (Å²) >= 11 is 3.43. The summed E-state index contributed by atoms with van der Waals surface area (Å²) in [7, 11) is 3.41. The third kappa shape index (κ3) is 3.80. The van der Waals surface area contributed by atoms with Crippen LogP contribution in [0.25, 0.3) is 0 Å². The zero-order chi connectivity index (χ0) is 18.7. The molecule has 0 aliphatic carbocycles. The number of methoxy groups -OCH3 is 1. The largest absolute Gasteiger partial charge is 0.496 e. The van der Waals surface area contributed by atoms with Crippen molar-refractivity contribution in [3.63, 3.8) is 0 Å². The molecule has 138 valence electrons. The van der Waals surface area contributed by atoms with Crippen LogP contribution >= 0.6 is 15.9 Å². The van der Waals surface area contributed by atoms with Crippen molar-refractivity contribution in [3.05, 3.63) is 52.5 Å². The van der Waals surface area contributed by atoms with Gasteiger partial charge in [0.05, 0.1) is 30.4 Å². The van der Waals surface area contributed by atoms with Gasteiger partial charge in [-0.3, -0.25) is 4.79 Å². The normalized spacial score (nSPS) is 15.8. The zero-order valence-electron chi connectivity index (χ0n) is 15.2. The van der Waals surface area contributed by atoms with Gasteiger partial charge in [0.1, 0.15) is 17.6 Å². The smallest absolute Gasteiger partial charge is 0.253 e. The lowest BCUT2D eigenvalue weighted by molar-refractivity contribution is 0.0709. The molecule has 0 aromatic heterocycles. The van der Waals surface area contributed by atoms with E-state index >= 15 is 0 Å². The summed E-state index contributed by atoms with van der Waals surface area (Å²) in [5.74, 6) is 1.53. The number of hydrogen-bond acceptors (Lipinski definition) is 4. The Kier molecular flexibility index (Phi) is 5.71. The molecule has 2 aromatic rings. The monoisotopic (exact) mass is 418 g/mol. The van der Waals surface area contributed by atoms with Crippen LogP contribution in [-0.2, 0) is 0 Å². The Morgan fingerprint density at radius 1 is 1.35 bits per heavy atom. The number of likely N-dealkylation sites (N-methyl/N-ethyl adjacent to an activating group) is 2. The van der Waals surface area contributed by atoms with Crippen molar-refractivity contribution in [2.24, 2.45) is 0 Å². The van der Waals surface area contributed by atoms with Gasteiger partial charge in [-0.05, 0) is 53.2 Å². The summed E-state index contributed by atoms with van der Waals surface area (Å²) in [6.45, 7) is 4.31. The van der Waals surface area contributed by atoms with E-state index in [2.05, 4.69) is 33.8 Å². The highest BCUT2D eigenvalue weighted by atomic mass is 79.9. The minimum absolute atomic E-state index is 0.0427. The van der Waals surface area contributed by atoms with E-state index < -0.39 is 0 Å². The molecule has 0 saturated heterocycles. The molecule has 0 saturated carbocycles. The summed E-state index contributed by atoms with van der Waals surface area (Å²) in [6.07, 6.45) is -0.0690. The summed E-state index contributed by atoms with van der Waals surface area (Å²) < 4.78 is 12.1. The number of benzene rings is 2. The predicted octanol–water partition coefficient (Wildman–Crippen LogP) is 3.82. The van der Waals surface area contributed by atoms with Gasteiger partial charge in [0.2, 0.25) is 0 Å². The lowest BCUT2D eigenvalue weighted by Crippen LogP contribution is -2.46. The molecule has 1 aliphatic rings. The second kappa shape index (κ2) is 7.99. The molecule has 1 heterocycles. The van der Waals surface area contributed by atoms with Gasteiger partial charge in [0.15, 0.2) is 0 Å². The van der Waals surface area contributed by atoms with Gasteiger partial charge in [0.25, 0.3) is 5.91 Å². The van der Waals surface area contributed by atoms with Gasteiger partial charge in [0, 0.05) is 19.2 Å². The highest BCUT2D eigenvalue weighted by molar-refractivity contribution is 9.10. The van der Waals surface area contributed by atoms with E-state index in [1.807, 2.05) is 18.2 Å². The van der Waals surface area contributed by atoms with Crippen LogP contribution in [0.4, 0.5) is 5.69 Å². The second-order valence-electron chi connectivity index (χ2n) is 6.28. The molecule has 6 heteroatoms. The quantitative estimate of drug-likeness (QED) is 0.739. The standard InChI is InChI=1S/C20H23BrN2O3/c1-4-23-13-15(26-19-8-6-5-7-17(19)23)12-22(2)20(24)14-9-10-18(25-3)16(21)11-14/h5-11,15H,4,12-13H2,1-3H3/t15-/m0/s1. The van der Waals surface area contributed by atoms with Crippen LogP contribution in [0.2, 0.25) is 0 Å². The van der Waals surface area contributed by atoms with Gasteiger partial charge in [-0.25, -0.2) is 0 Å². The van der Waals surface area contributed by atoms with Gasteiger partial charge in [-0.15, -0.1) is 0 Å². The van der Waals surface area contributed by atoms with Crippen LogP contribution in [0.5, 0.6) is 11.5 Å². The number of nitrogens with zero attached hydrogens (tertiary/aromatic N) is 2. The molecule has 5 nitrogen and oxygen atoms in total. The number of halogens is 1. The van der Waals surface area contributed by atoms with E-state index in [4.69, 9.17) is 9.47 Å². The molecular weight excluding hydrogens is 396 g/mol. The van der Waals surface area contributed by atoms with Crippen LogP contribution < -0.4 is 14.4 Å². The van der Waals surface area contributed by atoms with E-state index in [0.717, 1.165) is 29.0 Å². The second-order valence-corrected chi connectivity index (χ2v) is 7.14. The summed E-state index contributed by atoms with van der Waals surface area (Å²) in [4.78, 5) is 16.8. The summed E-state index contributed by atoms with van der Waals surface area (Å²) in [6, 6.07) is 13.4. The molecule has 0 spiro atoms. The van der Waals surface area contributed by atoms with Crippen molar-refractivity contribution in [1.82, 2.24) is 4.90 Å². The van der Waals surface area contributed by atoms with Crippen LogP contribution in [0.3, 0.4) is 0 Å². The number of rotatable bonds is 5. The first kappa shape index (κ1) is 18.6. The number of fused-ring (bicyclic) bond motifs is 1. The molecule has 1 atom stereocenters. The molecule has 0 unspecified atom stereocenters. The van der Waals surface area contributed by atoms with Crippen LogP contribution in [0.1, 0.15) is 17.3 Å². The average molecular weight is 419 g/mol. The fourth-order valence-electron chi connectivity index (χ4n) is 3.18. The van der Waals surface area contributed by atoms with Crippen LogP contribution in [-0.4, -0.2) is 50.7 Å². The van der Waals surface area contributed by atoms with Crippen molar-refractivity contribution in [2.45, 2.75) is 13.0 Å². The molecule has 2 aromatic carbocycles. The number of amides is 1. The molecule has 26 heavy (non-hydrogen) atoms. The maximum absolute atomic E-state index is 12.8. The van der Waals surface area contributed by atoms with Crippen LogP contribution in [0.15, 0.2) is 46.9 Å². The molecule has 0 N–H and O–H groups in total. The van der Waals surface area contributed by atoms with E-state index in [1.165, 1.54) is 0 Å². The number of carbonyl (C=O) groups excluding carboxylic acids is 1. The van der Waals surface area contributed by atoms with Crippen molar-refractivity contribution in [3.8, 4) is 11.5 Å². The third-order valence-corrected chi connectivity index (χ3v) is 5.15. The third-order valence-electron chi connectivity index (χ3n) is 4.53. The highest BCUT2D eigenvalue weighted by Crippen LogP contribution is 2.33. The first-order valence-electron chi connectivity index (χ1n) is 8.63. The lowest BCUT2D eigenvalue weighted by Gasteiger charge is -2.37. The Labute approximate surface area is 162 Å². The maximum Gasteiger partial charge on any atom is 0.253 e. The zero-order valence-corrected chi connectivity index (χ0v) is 16.8. The molecule has 0 fully saturated rings.